The molecule has 265 valence electrons. The van der Waals surface area contributed by atoms with Crippen molar-refractivity contribution >= 4 is 54.5 Å². The first kappa shape index (κ1) is 31.6. The van der Waals surface area contributed by atoms with Crippen LogP contribution in [0.3, 0.4) is 0 Å². The Labute approximate surface area is 331 Å². The summed E-state index contributed by atoms with van der Waals surface area (Å²) in [6.07, 6.45) is 3.25. The summed E-state index contributed by atoms with van der Waals surface area (Å²) in [5.41, 5.74) is 8.13. The van der Waals surface area contributed by atoms with Gasteiger partial charge in [-0.2, -0.15) is 0 Å². The van der Waals surface area contributed by atoms with E-state index in [0.717, 1.165) is 77.8 Å². The van der Waals surface area contributed by atoms with Crippen LogP contribution in [0.5, 0.6) is 0 Å². The third kappa shape index (κ3) is 6.18. The van der Waals surface area contributed by atoms with E-state index in [4.69, 9.17) is 18.5 Å². The standard InChI is InChI=1S/C36H26N3O.C12H10N.Ir/c1-36(2,3)34-31-29(20-21-37-34)38-35(39(31)24-11-5-4-6-12-24)28-15-9-14-26-27-19-18-23-17-16-22-10-7-8-13-25(22)30(23)33(27)40-32(26)28;1-10-7-8-12(13-9-10)11-5-3-2-4-6-11;/h4-14,16-21H,1-3H3;2-5,7-9H,1H3;/q2*-1;/i;1D3;. The normalized spacial score (nSPS) is 12.6. The summed E-state index contributed by atoms with van der Waals surface area (Å²) in [7, 11) is 0. The van der Waals surface area contributed by atoms with Gasteiger partial charge in [0.2, 0.25) is 0 Å². The van der Waals surface area contributed by atoms with Crippen LogP contribution in [-0.4, -0.2) is 19.5 Å². The van der Waals surface area contributed by atoms with Crippen molar-refractivity contribution in [3.63, 3.8) is 0 Å². The van der Waals surface area contributed by atoms with Crippen LogP contribution in [0.1, 0.15) is 36.1 Å². The second-order valence-electron chi connectivity index (χ2n) is 14.1. The predicted molar refractivity (Wildman–Crippen MR) is 217 cm³/mol. The maximum Gasteiger partial charge on any atom is 0.129 e. The van der Waals surface area contributed by atoms with Gasteiger partial charge >= 0.3 is 0 Å². The van der Waals surface area contributed by atoms with E-state index in [0.29, 0.717) is 0 Å². The van der Waals surface area contributed by atoms with Crippen LogP contribution in [-0.2, 0) is 25.5 Å². The molecule has 4 heterocycles. The summed E-state index contributed by atoms with van der Waals surface area (Å²) < 4.78 is 30.8. The number of nitrogens with zero attached hydrogens (tertiary/aromatic N) is 4. The van der Waals surface area contributed by atoms with Gasteiger partial charge in [0.15, 0.2) is 0 Å². The number of pyridine rings is 2. The third-order valence-electron chi connectivity index (χ3n) is 9.57. The average Bonchev–Trinajstić information content (AvgIpc) is 3.80. The molecule has 0 aliphatic rings. The zero-order chi connectivity index (χ0) is 38.6. The summed E-state index contributed by atoms with van der Waals surface area (Å²) in [6, 6.07) is 50.9. The molecule has 0 aliphatic heterocycles. The van der Waals surface area contributed by atoms with Crippen molar-refractivity contribution in [3.05, 3.63) is 169 Å². The number of benzene rings is 6. The van der Waals surface area contributed by atoms with Crippen LogP contribution in [0, 0.1) is 19.0 Å². The minimum atomic E-state index is -2.09. The fraction of sp³-hybridized carbons (Fsp3) is 0.104. The number of furan rings is 1. The second-order valence-corrected chi connectivity index (χ2v) is 14.1. The molecule has 0 spiro atoms. The van der Waals surface area contributed by atoms with Crippen LogP contribution in [0.15, 0.2) is 150 Å². The maximum atomic E-state index is 7.23. The Bertz CT molecular complexity index is 3040. The summed E-state index contributed by atoms with van der Waals surface area (Å²) in [6.45, 7) is 4.49. The first-order valence-electron chi connectivity index (χ1n) is 19.1. The van der Waals surface area contributed by atoms with E-state index in [9.17, 15) is 0 Å². The van der Waals surface area contributed by atoms with E-state index in [-0.39, 0.29) is 31.1 Å². The first-order chi connectivity index (χ1) is 27.1. The molecule has 0 amide bonds. The van der Waals surface area contributed by atoms with Gasteiger partial charge in [-0.3, -0.25) is 9.97 Å². The number of hydrogen-bond donors (Lipinski definition) is 0. The summed E-state index contributed by atoms with van der Waals surface area (Å²) in [4.78, 5) is 14.2. The van der Waals surface area contributed by atoms with Gasteiger partial charge in [0.05, 0.1) is 28.1 Å². The zero-order valence-electron chi connectivity index (χ0n) is 32.9. The third-order valence-corrected chi connectivity index (χ3v) is 9.57. The topological polar surface area (TPSA) is 56.7 Å². The molecule has 1 radical (unpaired) electrons. The molecule has 4 aromatic heterocycles. The molecule has 5 nitrogen and oxygen atoms in total. The molecule has 0 bridgehead atoms. The smallest absolute Gasteiger partial charge is 0.129 e. The van der Waals surface area contributed by atoms with Crippen LogP contribution in [0.25, 0.3) is 82.8 Å². The maximum absolute atomic E-state index is 7.23. The van der Waals surface area contributed by atoms with Gasteiger partial charge in [0, 0.05) is 58.5 Å². The van der Waals surface area contributed by atoms with E-state index in [1.54, 1.807) is 18.2 Å². The number of rotatable bonds is 3. The van der Waals surface area contributed by atoms with Crippen molar-refractivity contribution in [2.75, 3.05) is 0 Å². The molecule has 0 saturated heterocycles. The first-order valence-corrected chi connectivity index (χ1v) is 17.6. The van der Waals surface area contributed by atoms with Gasteiger partial charge in [-0.05, 0) is 52.5 Å². The van der Waals surface area contributed by atoms with Crippen molar-refractivity contribution in [1.82, 2.24) is 19.5 Å². The molecule has 54 heavy (non-hydrogen) atoms. The minimum absolute atomic E-state index is 0. The molecule has 6 aromatic carbocycles. The predicted octanol–water partition coefficient (Wildman–Crippen LogP) is 12.2. The van der Waals surface area contributed by atoms with E-state index in [1.165, 1.54) is 17.0 Å². The van der Waals surface area contributed by atoms with Crippen molar-refractivity contribution < 1.29 is 28.6 Å². The molecule has 0 aliphatic carbocycles. The van der Waals surface area contributed by atoms with Gasteiger partial charge in [0.25, 0.3) is 0 Å². The SMILES string of the molecule is CC(C)(C)c1nccc2nc(-c3[c-]ccc4c3oc3c4ccc4ccc5ccccc5c43)n(-c3ccccc3)c12.[2H]C([2H])([2H])c1ccc(-c2[c-]cccc2)nc1.[Ir]. The Morgan fingerprint density at radius 1 is 0.685 bits per heavy atom. The molecule has 0 unspecified atom stereocenters. The molecule has 6 heteroatoms. The summed E-state index contributed by atoms with van der Waals surface area (Å²) >= 11 is 0. The average molecular weight is 880 g/mol. The number of aryl methyl sites for hydroxylation is 1. The Balaban J connectivity index is 0.000000226. The van der Waals surface area contributed by atoms with Crippen molar-refractivity contribution in [1.29, 1.82) is 0 Å². The minimum Gasteiger partial charge on any atom is -0.500 e. The Morgan fingerprint density at radius 3 is 2.24 bits per heavy atom. The fourth-order valence-electron chi connectivity index (χ4n) is 7.13. The number of fused-ring (bicyclic) bond motifs is 8. The van der Waals surface area contributed by atoms with Gasteiger partial charge in [0.1, 0.15) is 5.58 Å². The van der Waals surface area contributed by atoms with Gasteiger partial charge < -0.3 is 14.0 Å². The van der Waals surface area contributed by atoms with Crippen LogP contribution < -0.4 is 0 Å². The molecule has 10 rings (SSSR count). The van der Waals surface area contributed by atoms with E-state index in [1.807, 2.05) is 42.6 Å². The Kier molecular flexibility index (Phi) is 8.26. The summed E-state index contributed by atoms with van der Waals surface area (Å²) in [5.74, 6) is 0.790. The summed E-state index contributed by atoms with van der Waals surface area (Å²) in [5, 5.41) is 6.82. The fourth-order valence-corrected chi connectivity index (χ4v) is 7.13. The molecular weight excluding hydrogens is 841 g/mol. The van der Waals surface area contributed by atoms with Gasteiger partial charge in [-0.1, -0.05) is 111 Å². The van der Waals surface area contributed by atoms with Crippen LogP contribution >= 0.6 is 0 Å². The number of aromatic nitrogens is 4. The van der Waals surface area contributed by atoms with E-state index >= 15 is 0 Å². The monoisotopic (exact) mass is 880 g/mol. The number of hydrogen-bond acceptors (Lipinski definition) is 4. The van der Waals surface area contributed by atoms with Crippen LogP contribution in [0.2, 0.25) is 0 Å². The molecule has 0 atom stereocenters. The Morgan fingerprint density at radius 2 is 1.46 bits per heavy atom. The van der Waals surface area contributed by atoms with Crippen molar-refractivity contribution in [2.24, 2.45) is 0 Å². The van der Waals surface area contributed by atoms with Gasteiger partial charge in [-0.15, -0.1) is 54.1 Å². The van der Waals surface area contributed by atoms with Crippen molar-refractivity contribution in [3.8, 4) is 28.3 Å². The van der Waals surface area contributed by atoms with Crippen molar-refractivity contribution in [2.45, 2.75) is 33.0 Å². The molecule has 10 aromatic rings. The Hall–Kier alpha value is -5.94. The number of para-hydroxylation sites is 1. The quantitative estimate of drug-likeness (QED) is 0.131. The number of imidazole rings is 1. The van der Waals surface area contributed by atoms with E-state index < -0.39 is 6.85 Å². The molecule has 0 fully saturated rings. The molecule has 0 saturated carbocycles. The second kappa shape index (κ2) is 14.1. The largest absolute Gasteiger partial charge is 0.500 e. The zero-order valence-corrected chi connectivity index (χ0v) is 32.3. The molecular formula is C48H36IrN4O-2. The van der Waals surface area contributed by atoms with Gasteiger partial charge in [-0.25, -0.2) is 0 Å². The van der Waals surface area contributed by atoms with Crippen LogP contribution in [0.4, 0.5) is 0 Å². The van der Waals surface area contributed by atoms with E-state index in [2.05, 4.69) is 121 Å². The molecule has 0 N–H and O–H groups in total.